The van der Waals surface area contributed by atoms with Crippen molar-refractivity contribution in [3.63, 3.8) is 0 Å². The van der Waals surface area contributed by atoms with Gasteiger partial charge in [0.1, 0.15) is 0 Å². The molecule has 2 amide bonds. The van der Waals surface area contributed by atoms with Crippen molar-refractivity contribution in [2.45, 2.75) is 24.7 Å². The molecule has 1 aromatic rings. The monoisotopic (exact) mass is 433 g/mol. The second-order valence-electron chi connectivity index (χ2n) is 5.49. The van der Waals surface area contributed by atoms with Crippen LogP contribution in [0.5, 0.6) is 0 Å². The summed E-state index contributed by atoms with van der Waals surface area (Å²) in [4.78, 5) is 23.5. The Bertz CT molecular complexity index is 723. The smallest absolute Gasteiger partial charge is 0.426 e. The molecule has 1 aliphatic rings. The molecule has 8 nitrogen and oxygen atoms in total. The van der Waals surface area contributed by atoms with Crippen molar-refractivity contribution in [2.75, 3.05) is 19.7 Å². The summed E-state index contributed by atoms with van der Waals surface area (Å²) < 4.78 is 32.1. The Kier molecular flexibility index (Phi) is 6.79. The molecule has 1 fully saturated rings. The van der Waals surface area contributed by atoms with Gasteiger partial charge < -0.3 is 4.74 Å². The molecule has 2 N–H and O–H groups in total. The number of hydrogen-bond donors (Lipinski definition) is 2. The van der Waals surface area contributed by atoms with Gasteiger partial charge in [0.2, 0.25) is 15.9 Å². The van der Waals surface area contributed by atoms with Crippen molar-refractivity contribution in [3.8, 4) is 0 Å². The molecule has 0 spiro atoms. The predicted molar refractivity (Wildman–Crippen MR) is 93.9 cm³/mol. The predicted octanol–water partition coefficient (Wildman–Crippen LogP) is 1.63. The van der Waals surface area contributed by atoms with E-state index in [1.165, 1.54) is 16.4 Å². The Hall–Kier alpha value is -1.65. The summed E-state index contributed by atoms with van der Waals surface area (Å²) in [5.41, 5.74) is 4.40. The highest BCUT2D eigenvalue weighted by Crippen LogP contribution is 2.24. The molecule has 2 rings (SSSR count). The first-order valence-corrected chi connectivity index (χ1v) is 10.1. The van der Waals surface area contributed by atoms with Gasteiger partial charge in [0.15, 0.2) is 0 Å². The van der Waals surface area contributed by atoms with E-state index in [-0.39, 0.29) is 18.0 Å². The molecule has 25 heavy (non-hydrogen) atoms. The van der Waals surface area contributed by atoms with Crippen LogP contribution in [0, 0.1) is 5.92 Å². The van der Waals surface area contributed by atoms with E-state index in [4.69, 9.17) is 0 Å². The zero-order valence-corrected chi connectivity index (χ0v) is 16.1. The molecule has 138 valence electrons. The average molecular weight is 434 g/mol. The van der Waals surface area contributed by atoms with E-state index >= 15 is 0 Å². The Labute approximate surface area is 155 Å². The van der Waals surface area contributed by atoms with Gasteiger partial charge in [-0.3, -0.25) is 10.2 Å². The van der Waals surface area contributed by atoms with Crippen LogP contribution in [-0.4, -0.2) is 44.4 Å². The molecule has 1 saturated heterocycles. The Morgan fingerprint density at radius 3 is 2.60 bits per heavy atom. The first-order chi connectivity index (χ1) is 11.8. The number of sulfonamides is 1. The van der Waals surface area contributed by atoms with Gasteiger partial charge in [-0.1, -0.05) is 15.9 Å². The summed E-state index contributed by atoms with van der Waals surface area (Å²) in [5.74, 6) is -0.982. The number of piperidine rings is 1. The summed E-state index contributed by atoms with van der Waals surface area (Å²) in [6, 6.07) is 6.35. The highest BCUT2D eigenvalue weighted by atomic mass is 79.9. The lowest BCUT2D eigenvalue weighted by Gasteiger charge is -2.31. The lowest BCUT2D eigenvalue weighted by molar-refractivity contribution is -0.127. The van der Waals surface area contributed by atoms with E-state index in [0.29, 0.717) is 19.4 Å². The molecular formula is C15H20BrN3O5S. The second-order valence-corrected chi connectivity index (χ2v) is 8.34. The maximum absolute atomic E-state index is 12.7. The fourth-order valence-corrected chi connectivity index (χ4v) is 4.30. The van der Waals surface area contributed by atoms with Crippen LogP contribution in [0.15, 0.2) is 33.6 Å². The van der Waals surface area contributed by atoms with Gasteiger partial charge in [-0.15, -0.1) is 0 Å². The normalized spacial score (nSPS) is 18.4. The number of nitrogens with one attached hydrogen (secondary N) is 2. The summed E-state index contributed by atoms with van der Waals surface area (Å²) in [6.45, 7) is 2.25. The van der Waals surface area contributed by atoms with E-state index in [0.717, 1.165) is 4.47 Å². The summed E-state index contributed by atoms with van der Waals surface area (Å²) in [5, 5.41) is 0. The summed E-state index contributed by atoms with van der Waals surface area (Å²) >= 11 is 3.27. The second kappa shape index (κ2) is 8.63. The third-order valence-corrected chi connectivity index (χ3v) is 6.18. The number of amides is 2. The van der Waals surface area contributed by atoms with E-state index in [1.807, 2.05) is 0 Å². The van der Waals surface area contributed by atoms with Crippen molar-refractivity contribution in [1.29, 1.82) is 0 Å². The van der Waals surface area contributed by atoms with Crippen LogP contribution in [-0.2, 0) is 19.6 Å². The van der Waals surface area contributed by atoms with E-state index in [1.54, 1.807) is 19.1 Å². The molecule has 1 heterocycles. The van der Waals surface area contributed by atoms with Crippen LogP contribution in [0.3, 0.4) is 0 Å². The quantitative estimate of drug-likeness (QED) is 0.701. The van der Waals surface area contributed by atoms with Crippen molar-refractivity contribution >= 4 is 38.0 Å². The van der Waals surface area contributed by atoms with Gasteiger partial charge in [0.05, 0.1) is 17.4 Å². The fraction of sp³-hybridized carbons (Fsp3) is 0.467. The zero-order chi connectivity index (χ0) is 18.4. The molecule has 0 aromatic heterocycles. The minimum absolute atomic E-state index is 0.0642. The fourth-order valence-electron chi connectivity index (χ4n) is 2.51. The number of hydrogen-bond acceptors (Lipinski definition) is 5. The number of carbonyl (C=O) groups excluding carboxylic acids is 2. The topological polar surface area (TPSA) is 105 Å². The van der Waals surface area contributed by atoms with Crippen molar-refractivity contribution in [3.05, 3.63) is 28.7 Å². The molecule has 0 radical (unpaired) electrons. The van der Waals surface area contributed by atoms with Gasteiger partial charge in [0, 0.05) is 17.6 Å². The third kappa shape index (κ3) is 5.16. The van der Waals surface area contributed by atoms with Gasteiger partial charge >= 0.3 is 6.09 Å². The minimum Gasteiger partial charge on any atom is -0.449 e. The number of rotatable bonds is 4. The molecule has 10 heteroatoms. The van der Waals surface area contributed by atoms with Gasteiger partial charge in [0.25, 0.3) is 0 Å². The third-order valence-electron chi connectivity index (χ3n) is 3.77. The lowest BCUT2D eigenvalue weighted by Crippen LogP contribution is -2.50. The van der Waals surface area contributed by atoms with Gasteiger partial charge in [-0.05, 0) is 44.0 Å². The Morgan fingerprint density at radius 2 is 1.96 bits per heavy atom. The molecular weight excluding hydrogens is 414 g/mol. The molecule has 0 aliphatic carbocycles. The highest BCUT2D eigenvalue weighted by Gasteiger charge is 2.33. The molecule has 0 saturated carbocycles. The van der Waals surface area contributed by atoms with E-state index in [2.05, 4.69) is 31.5 Å². The summed E-state index contributed by atoms with van der Waals surface area (Å²) in [6.07, 6.45) is 0.349. The number of hydrazine groups is 1. The van der Waals surface area contributed by atoms with Crippen LogP contribution in [0.2, 0.25) is 0 Å². The van der Waals surface area contributed by atoms with Gasteiger partial charge in [-0.2, -0.15) is 4.31 Å². The highest BCUT2D eigenvalue weighted by molar-refractivity contribution is 9.10. The van der Waals surface area contributed by atoms with Crippen LogP contribution in [0.4, 0.5) is 4.79 Å². The number of halogens is 1. The number of nitrogens with zero attached hydrogens (tertiary/aromatic N) is 1. The standard InChI is InChI=1S/C15H20BrN3O5S/c1-2-24-15(21)18-17-14(20)11-4-3-9-19(10-11)25(22,23)13-7-5-12(16)6-8-13/h5-8,11H,2-4,9-10H2,1H3,(H,17,20)(H,18,21). The SMILES string of the molecule is CCOC(=O)NNC(=O)C1CCCN(S(=O)(=O)c2ccc(Br)cc2)C1. The maximum Gasteiger partial charge on any atom is 0.426 e. The Morgan fingerprint density at radius 1 is 1.28 bits per heavy atom. The first kappa shape index (κ1) is 19.7. The first-order valence-electron chi connectivity index (χ1n) is 7.83. The van der Waals surface area contributed by atoms with Crippen LogP contribution in [0.1, 0.15) is 19.8 Å². The maximum atomic E-state index is 12.7. The number of carbonyl (C=O) groups is 2. The molecule has 1 aromatic carbocycles. The minimum atomic E-state index is -3.66. The van der Waals surface area contributed by atoms with Crippen molar-refractivity contribution < 1.29 is 22.7 Å². The average Bonchev–Trinajstić information content (AvgIpc) is 2.60. The molecule has 1 unspecified atom stereocenters. The zero-order valence-electron chi connectivity index (χ0n) is 13.7. The summed E-state index contributed by atoms with van der Waals surface area (Å²) in [7, 11) is -3.66. The number of ether oxygens (including phenoxy) is 1. The van der Waals surface area contributed by atoms with Gasteiger partial charge in [-0.25, -0.2) is 18.6 Å². The van der Waals surface area contributed by atoms with E-state index in [9.17, 15) is 18.0 Å². The molecule has 1 aliphatic heterocycles. The number of benzene rings is 1. The largest absolute Gasteiger partial charge is 0.449 e. The lowest BCUT2D eigenvalue weighted by atomic mass is 9.99. The van der Waals surface area contributed by atoms with Crippen LogP contribution >= 0.6 is 15.9 Å². The molecule has 1 atom stereocenters. The van der Waals surface area contributed by atoms with E-state index < -0.39 is 27.9 Å². The van der Waals surface area contributed by atoms with Crippen LogP contribution < -0.4 is 10.9 Å². The molecule has 0 bridgehead atoms. The van der Waals surface area contributed by atoms with Crippen LogP contribution in [0.25, 0.3) is 0 Å². The van der Waals surface area contributed by atoms with Crippen molar-refractivity contribution in [2.24, 2.45) is 5.92 Å². The Balaban J connectivity index is 2.01. The van der Waals surface area contributed by atoms with Crippen molar-refractivity contribution in [1.82, 2.24) is 15.2 Å².